The van der Waals surface area contributed by atoms with Gasteiger partial charge in [-0.25, -0.2) is 4.98 Å². The molecule has 1 aromatic heterocycles. The number of amides is 1. The van der Waals surface area contributed by atoms with Crippen molar-refractivity contribution in [1.82, 2.24) is 14.8 Å². The minimum absolute atomic E-state index is 0.201. The molecule has 2 aliphatic rings. The van der Waals surface area contributed by atoms with E-state index in [1.807, 2.05) is 18.0 Å². The van der Waals surface area contributed by atoms with Crippen LogP contribution >= 0.6 is 11.6 Å². The molecule has 1 amide bonds. The fourth-order valence-corrected chi connectivity index (χ4v) is 4.00. The van der Waals surface area contributed by atoms with Crippen molar-refractivity contribution in [2.45, 2.75) is 37.8 Å². The number of carbonyl (C=O) groups is 1. The topological polar surface area (TPSA) is 39.7 Å². The second-order valence-corrected chi connectivity index (χ2v) is 7.11. The summed E-state index contributed by atoms with van der Waals surface area (Å²) in [5, 5.41) is 0.609. The maximum atomic E-state index is 12.8. The highest BCUT2D eigenvalue weighted by molar-refractivity contribution is 6.30. The van der Waals surface area contributed by atoms with Gasteiger partial charge in [0.05, 0.1) is 11.6 Å². The van der Waals surface area contributed by atoms with Crippen molar-refractivity contribution in [3.8, 4) is 0 Å². The van der Waals surface area contributed by atoms with E-state index >= 15 is 0 Å². The number of hydrogen-bond donors (Lipinski definition) is 0. The van der Waals surface area contributed by atoms with E-state index in [0.717, 1.165) is 31.7 Å². The molecule has 0 radical (unpaired) electrons. The van der Waals surface area contributed by atoms with Crippen LogP contribution in [0.1, 0.15) is 25.7 Å². The number of halogens is 1. The van der Waals surface area contributed by atoms with Gasteiger partial charge < -0.3 is 14.7 Å². The van der Waals surface area contributed by atoms with Crippen LogP contribution in [0.3, 0.4) is 0 Å². The van der Waals surface area contributed by atoms with E-state index in [9.17, 15) is 4.79 Å². The summed E-state index contributed by atoms with van der Waals surface area (Å²) in [4.78, 5) is 23.5. The molecule has 1 aromatic rings. The van der Waals surface area contributed by atoms with E-state index in [1.54, 1.807) is 12.3 Å². The highest BCUT2D eigenvalue weighted by Crippen LogP contribution is 2.29. The monoisotopic (exact) mass is 336 g/mol. The number of carbonyl (C=O) groups excluding carboxylic acids is 1. The van der Waals surface area contributed by atoms with E-state index in [0.29, 0.717) is 23.7 Å². The van der Waals surface area contributed by atoms with E-state index in [2.05, 4.69) is 21.8 Å². The number of likely N-dealkylation sites (N-methyl/N-ethyl adjacent to an activating group) is 2. The van der Waals surface area contributed by atoms with Gasteiger partial charge in [-0.1, -0.05) is 11.6 Å². The maximum absolute atomic E-state index is 12.8. The van der Waals surface area contributed by atoms with Crippen LogP contribution in [0.15, 0.2) is 18.3 Å². The third kappa shape index (κ3) is 3.61. The Morgan fingerprint density at radius 2 is 2.04 bits per heavy atom. The third-order valence-corrected chi connectivity index (χ3v) is 5.34. The van der Waals surface area contributed by atoms with Crippen LogP contribution in [0.25, 0.3) is 0 Å². The zero-order chi connectivity index (χ0) is 16.4. The van der Waals surface area contributed by atoms with Crippen LogP contribution in [-0.2, 0) is 4.79 Å². The zero-order valence-corrected chi connectivity index (χ0v) is 14.7. The summed E-state index contributed by atoms with van der Waals surface area (Å²) in [6.07, 6.45) is 6.31. The minimum Gasteiger partial charge on any atom is -0.350 e. The van der Waals surface area contributed by atoms with E-state index in [1.165, 1.54) is 12.8 Å². The van der Waals surface area contributed by atoms with Crippen molar-refractivity contribution in [2.75, 3.05) is 38.6 Å². The molecule has 0 bridgehead atoms. The van der Waals surface area contributed by atoms with Crippen molar-refractivity contribution in [3.63, 3.8) is 0 Å². The Hall–Kier alpha value is -1.33. The summed E-state index contributed by atoms with van der Waals surface area (Å²) in [6.45, 7) is 2.40. The van der Waals surface area contributed by atoms with E-state index < -0.39 is 0 Å². The smallest absolute Gasteiger partial charge is 0.242 e. The Morgan fingerprint density at radius 3 is 2.70 bits per heavy atom. The number of hydrogen-bond acceptors (Lipinski definition) is 4. The van der Waals surface area contributed by atoms with Crippen LogP contribution in [0, 0.1) is 0 Å². The summed E-state index contributed by atoms with van der Waals surface area (Å²) in [6, 6.07) is 4.56. The molecule has 126 valence electrons. The summed E-state index contributed by atoms with van der Waals surface area (Å²) in [5.74, 6) is 0.975. The molecule has 3 heterocycles. The van der Waals surface area contributed by atoms with Gasteiger partial charge in [0.15, 0.2) is 0 Å². The van der Waals surface area contributed by atoms with Gasteiger partial charge >= 0.3 is 0 Å². The second-order valence-electron chi connectivity index (χ2n) is 6.68. The number of likely N-dealkylation sites (tertiary alicyclic amines) is 2. The number of anilines is 1. The molecular weight excluding hydrogens is 312 g/mol. The summed E-state index contributed by atoms with van der Waals surface area (Å²) in [5.41, 5.74) is 0. The van der Waals surface area contributed by atoms with Crippen molar-refractivity contribution >= 4 is 23.3 Å². The molecule has 2 saturated heterocycles. The van der Waals surface area contributed by atoms with Gasteiger partial charge in [0.1, 0.15) is 5.82 Å². The molecule has 2 unspecified atom stereocenters. The number of aromatic nitrogens is 1. The first-order valence-electron chi connectivity index (χ1n) is 8.38. The average Bonchev–Trinajstić information content (AvgIpc) is 3.15. The van der Waals surface area contributed by atoms with Crippen molar-refractivity contribution < 1.29 is 4.79 Å². The quantitative estimate of drug-likeness (QED) is 0.845. The third-order valence-electron chi connectivity index (χ3n) is 5.12. The zero-order valence-electron chi connectivity index (χ0n) is 13.9. The predicted octanol–water partition coefficient (Wildman–Crippen LogP) is 2.26. The molecule has 5 nitrogen and oxygen atoms in total. The van der Waals surface area contributed by atoms with Crippen molar-refractivity contribution in [3.05, 3.63) is 23.4 Å². The molecule has 6 heteroatoms. The fraction of sp³-hybridized carbons (Fsp3) is 0.647. The Kier molecular flexibility index (Phi) is 5.07. The van der Waals surface area contributed by atoms with Crippen LogP contribution < -0.4 is 4.90 Å². The van der Waals surface area contributed by atoms with Gasteiger partial charge in [-0.3, -0.25) is 4.79 Å². The van der Waals surface area contributed by atoms with Gasteiger partial charge in [-0.2, -0.15) is 0 Å². The van der Waals surface area contributed by atoms with E-state index in [-0.39, 0.29) is 5.91 Å². The lowest BCUT2D eigenvalue weighted by atomic mass is 10.0. The van der Waals surface area contributed by atoms with Crippen molar-refractivity contribution in [1.29, 1.82) is 0 Å². The van der Waals surface area contributed by atoms with Gasteiger partial charge in [-0.15, -0.1) is 0 Å². The lowest BCUT2D eigenvalue weighted by Crippen LogP contribution is -2.49. The molecule has 0 aromatic carbocycles. The molecule has 0 saturated carbocycles. The first-order valence-corrected chi connectivity index (χ1v) is 8.76. The molecule has 0 aliphatic carbocycles. The minimum atomic E-state index is 0.201. The lowest BCUT2D eigenvalue weighted by Gasteiger charge is -2.34. The van der Waals surface area contributed by atoms with Gasteiger partial charge in [0.25, 0.3) is 0 Å². The molecule has 0 spiro atoms. The van der Waals surface area contributed by atoms with Gasteiger partial charge in [0, 0.05) is 31.9 Å². The Morgan fingerprint density at radius 1 is 1.30 bits per heavy atom. The summed E-state index contributed by atoms with van der Waals surface area (Å²) >= 11 is 5.87. The highest BCUT2D eigenvalue weighted by Gasteiger charge is 2.38. The SMILES string of the molecule is CN(CC(=O)N1CCCC1C1CCCN1C)c1ccc(Cl)cn1. The molecule has 3 rings (SSSR count). The fourth-order valence-electron chi connectivity index (χ4n) is 3.89. The Bertz CT molecular complexity index is 550. The average molecular weight is 337 g/mol. The van der Waals surface area contributed by atoms with Crippen LogP contribution in [0.5, 0.6) is 0 Å². The van der Waals surface area contributed by atoms with Gasteiger partial charge in [0.2, 0.25) is 5.91 Å². The normalized spacial score (nSPS) is 25.1. The van der Waals surface area contributed by atoms with Crippen LogP contribution in [0.2, 0.25) is 5.02 Å². The predicted molar refractivity (Wildman–Crippen MR) is 92.9 cm³/mol. The van der Waals surface area contributed by atoms with Crippen LogP contribution in [-0.4, -0.2) is 66.5 Å². The molecule has 23 heavy (non-hydrogen) atoms. The first kappa shape index (κ1) is 16.5. The Balaban J connectivity index is 1.63. The largest absolute Gasteiger partial charge is 0.350 e. The molecule has 0 N–H and O–H groups in total. The molecular formula is C17H25ClN4O. The number of pyridine rings is 1. The lowest BCUT2D eigenvalue weighted by molar-refractivity contribution is -0.131. The summed E-state index contributed by atoms with van der Waals surface area (Å²) < 4.78 is 0. The molecule has 2 aliphatic heterocycles. The number of rotatable bonds is 4. The first-order chi connectivity index (χ1) is 11.1. The molecule has 2 atom stereocenters. The molecule has 2 fully saturated rings. The maximum Gasteiger partial charge on any atom is 0.242 e. The summed E-state index contributed by atoms with van der Waals surface area (Å²) in [7, 11) is 4.09. The standard InChI is InChI=1S/C17H25ClN4O/c1-20-9-3-5-14(20)15-6-4-10-22(15)17(23)12-21(2)16-8-7-13(18)11-19-16/h7-8,11,14-15H,3-6,9-10,12H2,1-2H3. The number of nitrogens with zero attached hydrogens (tertiary/aromatic N) is 4. The van der Waals surface area contributed by atoms with Gasteiger partial charge in [-0.05, 0) is 51.4 Å². The second kappa shape index (κ2) is 7.05. The van der Waals surface area contributed by atoms with Crippen LogP contribution in [0.4, 0.5) is 5.82 Å². The highest BCUT2D eigenvalue weighted by atomic mass is 35.5. The Labute approximate surface area is 143 Å². The van der Waals surface area contributed by atoms with Crippen molar-refractivity contribution in [2.24, 2.45) is 0 Å². The van der Waals surface area contributed by atoms with E-state index in [4.69, 9.17) is 11.6 Å².